The van der Waals surface area contributed by atoms with Crippen molar-refractivity contribution in [3.8, 4) is 0 Å². The van der Waals surface area contributed by atoms with E-state index in [0.29, 0.717) is 11.6 Å². The van der Waals surface area contributed by atoms with Crippen molar-refractivity contribution in [1.82, 2.24) is 4.98 Å². The van der Waals surface area contributed by atoms with Crippen LogP contribution in [0.1, 0.15) is 23.6 Å². The normalized spacial score (nSPS) is 24.0. The van der Waals surface area contributed by atoms with Gasteiger partial charge in [-0.3, -0.25) is 4.79 Å². The first-order valence-electron chi connectivity index (χ1n) is 5.01. The van der Waals surface area contributed by atoms with Gasteiger partial charge in [0.25, 0.3) is 0 Å². The fraction of sp³-hybridized carbons (Fsp3) is 0.455. The van der Waals surface area contributed by atoms with Crippen molar-refractivity contribution in [1.29, 1.82) is 0 Å². The predicted molar refractivity (Wildman–Crippen MR) is 60.5 cm³/mol. The monoisotopic (exact) mass is 239 g/mol. The summed E-state index contributed by atoms with van der Waals surface area (Å²) in [5.74, 6) is -0.650. The van der Waals surface area contributed by atoms with Gasteiger partial charge in [0, 0.05) is 11.6 Å². The lowest BCUT2D eigenvalue weighted by molar-refractivity contribution is -0.133. The molecule has 86 valence electrons. The Bertz CT molecular complexity index is 397. The predicted octanol–water partition coefficient (Wildman–Crippen LogP) is 2.03. The zero-order chi connectivity index (χ0) is 11.6. The van der Waals surface area contributed by atoms with E-state index in [0.717, 1.165) is 0 Å². The summed E-state index contributed by atoms with van der Waals surface area (Å²) in [4.78, 5) is 15.5. The Morgan fingerprint density at radius 2 is 2.50 bits per heavy atom. The van der Waals surface area contributed by atoms with Gasteiger partial charge in [-0.1, -0.05) is 0 Å². The quantitative estimate of drug-likeness (QED) is 0.598. The first-order chi connectivity index (χ1) is 7.57. The summed E-state index contributed by atoms with van der Waals surface area (Å²) < 4.78 is 10.9. The van der Waals surface area contributed by atoms with Gasteiger partial charge in [0.15, 0.2) is 10.8 Å². The van der Waals surface area contributed by atoms with Crippen molar-refractivity contribution < 1.29 is 14.3 Å². The van der Waals surface area contributed by atoms with Crippen LogP contribution in [0.25, 0.3) is 0 Å². The molecule has 1 aromatic heterocycles. The number of thiazole rings is 1. The molecule has 0 N–H and O–H groups in total. The lowest BCUT2D eigenvalue weighted by Gasteiger charge is -2.15. The van der Waals surface area contributed by atoms with Gasteiger partial charge in [0.05, 0.1) is 6.61 Å². The minimum absolute atomic E-state index is 0.0942. The molecule has 1 atom stereocenters. The molecular formula is C11H13NO3S. The molecule has 0 amide bonds. The van der Waals surface area contributed by atoms with E-state index < -0.39 is 5.79 Å². The molecule has 1 fully saturated rings. The Morgan fingerprint density at radius 1 is 1.69 bits per heavy atom. The van der Waals surface area contributed by atoms with Gasteiger partial charge in [-0.15, -0.1) is 11.3 Å². The van der Waals surface area contributed by atoms with Crippen LogP contribution in [-0.2, 0) is 9.47 Å². The van der Waals surface area contributed by atoms with Crippen molar-refractivity contribution in [2.75, 3.05) is 6.61 Å². The van der Waals surface area contributed by atoms with Crippen LogP contribution in [-0.4, -0.2) is 29.3 Å². The van der Waals surface area contributed by atoms with Gasteiger partial charge in [-0.05, 0) is 26.0 Å². The zero-order valence-electron chi connectivity index (χ0n) is 9.17. The van der Waals surface area contributed by atoms with Gasteiger partial charge < -0.3 is 9.47 Å². The van der Waals surface area contributed by atoms with Crippen LogP contribution in [0.2, 0.25) is 0 Å². The molecule has 1 aliphatic heterocycles. The number of nitrogens with zero attached hydrogens (tertiary/aromatic N) is 1. The molecule has 4 nitrogen and oxygen atoms in total. The van der Waals surface area contributed by atoms with E-state index in [-0.39, 0.29) is 11.9 Å². The Morgan fingerprint density at radius 3 is 3.06 bits per heavy atom. The molecule has 0 unspecified atom stereocenters. The Kier molecular flexibility index (Phi) is 3.18. The standard InChI is InChI=1S/C11H13NO3S/c1-11(2)14-7-8(15-11)3-4-9(13)10-12-5-6-16-10/h3-6,8H,7H2,1-2H3/b4-3+/t8-/m0/s1. The highest BCUT2D eigenvalue weighted by Crippen LogP contribution is 2.22. The van der Waals surface area contributed by atoms with E-state index >= 15 is 0 Å². The van der Waals surface area contributed by atoms with Crippen LogP contribution >= 0.6 is 11.3 Å². The van der Waals surface area contributed by atoms with Crippen molar-refractivity contribution in [3.63, 3.8) is 0 Å². The third-order valence-corrected chi connectivity index (χ3v) is 2.92. The molecule has 0 radical (unpaired) electrons. The lowest BCUT2D eigenvalue weighted by Crippen LogP contribution is -2.20. The van der Waals surface area contributed by atoms with E-state index in [1.54, 1.807) is 17.7 Å². The average molecular weight is 239 g/mol. The molecule has 1 aliphatic rings. The van der Waals surface area contributed by atoms with E-state index in [4.69, 9.17) is 9.47 Å². The Hall–Kier alpha value is -1.04. The number of carbonyl (C=O) groups is 1. The fourth-order valence-corrected chi connectivity index (χ4v) is 1.98. The highest BCUT2D eigenvalue weighted by Gasteiger charge is 2.31. The SMILES string of the molecule is CC1(C)OC[C@H](/C=C/C(=O)c2nccs2)O1. The van der Waals surface area contributed by atoms with E-state index in [1.807, 2.05) is 13.8 Å². The van der Waals surface area contributed by atoms with Crippen LogP contribution < -0.4 is 0 Å². The summed E-state index contributed by atoms with van der Waals surface area (Å²) >= 11 is 1.33. The third-order valence-electron chi connectivity index (χ3n) is 2.14. The maximum absolute atomic E-state index is 11.6. The second kappa shape index (κ2) is 4.45. The second-order valence-corrected chi connectivity index (χ2v) is 4.82. The van der Waals surface area contributed by atoms with Crippen LogP contribution in [0.15, 0.2) is 23.7 Å². The molecule has 0 bridgehead atoms. The fourth-order valence-electron chi connectivity index (χ4n) is 1.42. The zero-order valence-corrected chi connectivity index (χ0v) is 9.99. The maximum atomic E-state index is 11.6. The minimum atomic E-state index is -0.556. The smallest absolute Gasteiger partial charge is 0.214 e. The number of ether oxygens (including phenoxy) is 2. The number of carbonyl (C=O) groups excluding carboxylic acids is 1. The van der Waals surface area contributed by atoms with Crippen molar-refractivity contribution in [2.45, 2.75) is 25.7 Å². The Labute approximate surface area is 97.9 Å². The van der Waals surface area contributed by atoms with Gasteiger partial charge in [-0.2, -0.15) is 0 Å². The van der Waals surface area contributed by atoms with E-state index in [9.17, 15) is 4.79 Å². The summed E-state index contributed by atoms with van der Waals surface area (Å²) in [5.41, 5.74) is 0. The highest BCUT2D eigenvalue weighted by molar-refractivity contribution is 7.11. The molecule has 1 aromatic rings. The van der Waals surface area contributed by atoms with E-state index in [2.05, 4.69) is 4.98 Å². The van der Waals surface area contributed by atoms with Gasteiger partial charge in [-0.25, -0.2) is 4.98 Å². The molecular weight excluding hydrogens is 226 g/mol. The molecule has 5 heteroatoms. The number of rotatable bonds is 3. The second-order valence-electron chi connectivity index (χ2n) is 3.93. The summed E-state index contributed by atoms with van der Waals surface area (Å²) in [5, 5.41) is 2.27. The first kappa shape index (κ1) is 11.4. The molecule has 16 heavy (non-hydrogen) atoms. The Balaban J connectivity index is 1.93. The number of allylic oxidation sites excluding steroid dienone is 1. The van der Waals surface area contributed by atoms with Gasteiger partial charge >= 0.3 is 0 Å². The van der Waals surface area contributed by atoms with Crippen molar-refractivity contribution in [3.05, 3.63) is 28.7 Å². The summed E-state index contributed by atoms with van der Waals surface area (Å²) in [6, 6.07) is 0. The van der Waals surface area contributed by atoms with E-state index in [1.165, 1.54) is 17.4 Å². The van der Waals surface area contributed by atoms with Crippen molar-refractivity contribution in [2.24, 2.45) is 0 Å². The summed E-state index contributed by atoms with van der Waals surface area (Å²) in [6.07, 6.45) is 4.68. The molecule has 0 saturated carbocycles. The van der Waals surface area contributed by atoms with Crippen LogP contribution in [0, 0.1) is 0 Å². The van der Waals surface area contributed by atoms with Crippen molar-refractivity contribution >= 4 is 17.1 Å². The third kappa shape index (κ3) is 2.75. The van der Waals surface area contributed by atoms with Crippen LogP contribution in [0.5, 0.6) is 0 Å². The average Bonchev–Trinajstić information content (AvgIpc) is 2.83. The van der Waals surface area contributed by atoms with Crippen LogP contribution in [0.3, 0.4) is 0 Å². The lowest BCUT2D eigenvalue weighted by atomic mass is 10.3. The van der Waals surface area contributed by atoms with Crippen LogP contribution in [0.4, 0.5) is 0 Å². The number of hydrogen-bond acceptors (Lipinski definition) is 5. The summed E-state index contributed by atoms with van der Waals surface area (Å²) in [7, 11) is 0. The maximum Gasteiger partial charge on any atom is 0.214 e. The number of aromatic nitrogens is 1. The topological polar surface area (TPSA) is 48.4 Å². The molecule has 0 spiro atoms. The molecule has 1 saturated heterocycles. The minimum Gasteiger partial charge on any atom is -0.347 e. The largest absolute Gasteiger partial charge is 0.347 e. The van der Waals surface area contributed by atoms with Gasteiger partial charge in [0.1, 0.15) is 6.10 Å². The molecule has 2 rings (SSSR count). The number of ketones is 1. The highest BCUT2D eigenvalue weighted by atomic mass is 32.1. The number of hydrogen-bond donors (Lipinski definition) is 0. The molecule has 0 aliphatic carbocycles. The first-order valence-corrected chi connectivity index (χ1v) is 5.88. The summed E-state index contributed by atoms with van der Waals surface area (Å²) in [6.45, 7) is 4.18. The molecule has 0 aromatic carbocycles. The van der Waals surface area contributed by atoms with Gasteiger partial charge in [0.2, 0.25) is 5.78 Å². The molecule has 2 heterocycles.